The Hall–Kier alpha value is -1.59. The first-order valence-electron chi connectivity index (χ1n) is 11.0. The Bertz CT molecular complexity index is 678. The van der Waals surface area contributed by atoms with E-state index in [2.05, 4.69) is 28.7 Å². The van der Waals surface area contributed by atoms with Gasteiger partial charge in [0.15, 0.2) is 0 Å². The predicted octanol–water partition coefficient (Wildman–Crippen LogP) is 3.08. The molecule has 5 heteroatoms. The standard InChI is InChI=1S/C23H35N3O2/c1-3-12-25-17-23(10-13-24(2)14-11-23)15-21(25)22(28)26(19-6-7-19)16-18-4-8-20(27)9-5-18/h4-5,8-9,19,21,27H,3,6-7,10-17H2,1-2H3. The minimum absolute atomic E-state index is 0.0427. The van der Waals surface area contributed by atoms with Crippen LogP contribution in [0.2, 0.25) is 0 Å². The third kappa shape index (κ3) is 4.20. The number of hydrogen-bond acceptors (Lipinski definition) is 4. The molecule has 2 aliphatic heterocycles. The number of carbonyl (C=O) groups is 1. The molecule has 1 aromatic rings. The zero-order valence-corrected chi connectivity index (χ0v) is 17.4. The van der Waals surface area contributed by atoms with Crippen LogP contribution in [0.4, 0.5) is 0 Å². The second-order valence-electron chi connectivity index (χ2n) is 9.36. The molecule has 1 aromatic carbocycles. The van der Waals surface area contributed by atoms with E-state index in [9.17, 15) is 9.90 Å². The lowest BCUT2D eigenvalue weighted by Crippen LogP contribution is -2.46. The molecule has 2 saturated heterocycles. The van der Waals surface area contributed by atoms with Crippen molar-refractivity contribution in [1.82, 2.24) is 14.7 Å². The van der Waals surface area contributed by atoms with E-state index in [-0.39, 0.29) is 11.8 Å². The average molecular weight is 386 g/mol. The number of likely N-dealkylation sites (tertiary alicyclic amines) is 2. The highest BCUT2D eigenvalue weighted by Crippen LogP contribution is 2.44. The van der Waals surface area contributed by atoms with Crippen LogP contribution in [0.25, 0.3) is 0 Å². The van der Waals surface area contributed by atoms with Gasteiger partial charge in [-0.25, -0.2) is 0 Å². The summed E-state index contributed by atoms with van der Waals surface area (Å²) in [6, 6.07) is 7.76. The lowest BCUT2D eigenvalue weighted by atomic mass is 9.76. The van der Waals surface area contributed by atoms with Gasteiger partial charge in [0.1, 0.15) is 5.75 Å². The van der Waals surface area contributed by atoms with Crippen LogP contribution in [0.5, 0.6) is 5.75 Å². The van der Waals surface area contributed by atoms with E-state index in [1.54, 1.807) is 12.1 Å². The maximum Gasteiger partial charge on any atom is 0.240 e. The van der Waals surface area contributed by atoms with Crippen LogP contribution in [-0.4, -0.2) is 71.0 Å². The second-order valence-corrected chi connectivity index (χ2v) is 9.36. The maximum atomic E-state index is 13.7. The molecule has 1 spiro atoms. The summed E-state index contributed by atoms with van der Waals surface area (Å²) in [5, 5.41) is 9.56. The Balaban J connectivity index is 1.50. The van der Waals surface area contributed by atoms with Gasteiger partial charge in [0.05, 0.1) is 6.04 Å². The Kier molecular flexibility index (Phi) is 5.66. The molecule has 0 radical (unpaired) electrons. The zero-order chi connectivity index (χ0) is 19.7. The molecular formula is C23H35N3O2. The van der Waals surface area contributed by atoms with Crippen LogP contribution >= 0.6 is 0 Å². The first-order chi connectivity index (χ1) is 13.5. The lowest BCUT2D eigenvalue weighted by molar-refractivity contribution is -0.137. The summed E-state index contributed by atoms with van der Waals surface area (Å²) in [7, 11) is 2.21. The maximum absolute atomic E-state index is 13.7. The average Bonchev–Trinajstić information content (AvgIpc) is 3.47. The molecular weight excluding hydrogens is 350 g/mol. The molecule has 0 aromatic heterocycles. The molecule has 1 unspecified atom stereocenters. The molecule has 154 valence electrons. The van der Waals surface area contributed by atoms with Crippen LogP contribution < -0.4 is 0 Å². The van der Waals surface area contributed by atoms with Crippen molar-refractivity contribution in [2.45, 2.75) is 64.1 Å². The molecule has 3 fully saturated rings. The van der Waals surface area contributed by atoms with Gasteiger partial charge in [0, 0.05) is 19.1 Å². The molecule has 0 bridgehead atoms. The minimum atomic E-state index is 0.0427. The van der Waals surface area contributed by atoms with Crippen molar-refractivity contribution in [2.75, 3.05) is 33.2 Å². The van der Waals surface area contributed by atoms with Gasteiger partial charge < -0.3 is 14.9 Å². The van der Waals surface area contributed by atoms with Gasteiger partial charge in [0.25, 0.3) is 0 Å². The lowest BCUT2D eigenvalue weighted by Gasteiger charge is -2.37. The summed E-state index contributed by atoms with van der Waals surface area (Å²) in [6.45, 7) is 7.29. The highest BCUT2D eigenvalue weighted by atomic mass is 16.3. The molecule has 28 heavy (non-hydrogen) atoms. The van der Waals surface area contributed by atoms with Crippen molar-refractivity contribution in [3.63, 3.8) is 0 Å². The van der Waals surface area contributed by atoms with Gasteiger partial charge in [-0.3, -0.25) is 9.69 Å². The van der Waals surface area contributed by atoms with Crippen molar-refractivity contribution < 1.29 is 9.90 Å². The number of aromatic hydroxyl groups is 1. The van der Waals surface area contributed by atoms with E-state index in [1.165, 1.54) is 12.8 Å². The second kappa shape index (κ2) is 8.03. The fraction of sp³-hybridized carbons (Fsp3) is 0.696. The van der Waals surface area contributed by atoms with Gasteiger partial charge in [-0.1, -0.05) is 19.1 Å². The number of carbonyl (C=O) groups excluding carboxylic acids is 1. The Labute approximate surface area is 169 Å². The summed E-state index contributed by atoms with van der Waals surface area (Å²) in [5.74, 6) is 0.613. The molecule has 1 atom stereocenters. The number of piperidine rings is 1. The molecule has 1 amide bonds. The fourth-order valence-electron chi connectivity index (χ4n) is 5.13. The summed E-state index contributed by atoms with van der Waals surface area (Å²) < 4.78 is 0. The van der Waals surface area contributed by atoms with Crippen LogP contribution in [-0.2, 0) is 11.3 Å². The van der Waals surface area contributed by atoms with E-state index < -0.39 is 0 Å². The molecule has 4 rings (SSSR count). The fourth-order valence-corrected chi connectivity index (χ4v) is 5.13. The number of hydrogen-bond donors (Lipinski definition) is 1. The van der Waals surface area contributed by atoms with Gasteiger partial charge in [0.2, 0.25) is 5.91 Å². The van der Waals surface area contributed by atoms with Gasteiger partial charge in [-0.05, 0) is 88.3 Å². The summed E-state index contributed by atoms with van der Waals surface area (Å²) in [4.78, 5) is 20.7. The van der Waals surface area contributed by atoms with Crippen molar-refractivity contribution in [3.8, 4) is 5.75 Å². The number of rotatable bonds is 6. The van der Waals surface area contributed by atoms with E-state index in [0.717, 1.165) is 57.4 Å². The van der Waals surface area contributed by atoms with E-state index in [1.807, 2.05) is 12.1 Å². The Morgan fingerprint density at radius 1 is 1.21 bits per heavy atom. The minimum Gasteiger partial charge on any atom is -0.508 e. The number of phenols is 1. The SMILES string of the molecule is CCCN1CC2(CCN(C)CC2)CC1C(=O)N(Cc1ccc(O)cc1)C1CC1. The quantitative estimate of drug-likeness (QED) is 0.818. The van der Waals surface area contributed by atoms with Gasteiger partial charge in [-0.15, -0.1) is 0 Å². The zero-order valence-electron chi connectivity index (χ0n) is 17.4. The van der Waals surface area contributed by atoms with Gasteiger partial charge in [-0.2, -0.15) is 0 Å². The summed E-state index contributed by atoms with van der Waals surface area (Å²) in [5.41, 5.74) is 1.43. The number of nitrogens with zero attached hydrogens (tertiary/aromatic N) is 3. The highest BCUT2D eigenvalue weighted by Gasteiger charge is 2.49. The van der Waals surface area contributed by atoms with Crippen molar-refractivity contribution >= 4 is 5.91 Å². The molecule has 1 saturated carbocycles. The highest BCUT2D eigenvalue weighted by molar-refractivity contribution is 5.83. The molecule has 5 nitrogen and oxygen atoms in total. The summed E-state index contributed by atoms with van der Waals surface area (Å²) in [6.07, 6.45) is 6.81. The molecule has 1 N–H and O–H groups in total. The van der Waals surface area contributed by atoms with E-state index >= 15 is 0 Å². The summed E-state index contributed by atoms with van der Waals surface area (Å²) >= 11 is 0. The van der Waals surface area contributed by atoms with Crippen LogP contribution in [0.3, 0.4) is 0 Å². The predicted molar refractivity (Wildman–Crippen MR) is 111 cm³/mol. The smallest absolute Gasteiger partial charge is 0.240 e. The van der Waals surface area contributed by atoms with Crippen LogP contribution in [0.15, 0.2) is 24.3 Å². The number of benzene rings is 1. The Morgan fingerprint density at radius 3 is 2.50 bits per heavy atom. The first kappa shape index (κ1) is 19.7. The Morgan fingerprint density at radius 2 is 1.89 bits per heavy atom. The number of amides is 1. The topological polar surface area (TPSA) is 47.0 Å². The van der Waals surface area contributed by atoms with Crippen LogP contribution in [0, 0.1) is 5.41 Å². The number of phenolic OH excluding ortho intramolecular Hbond substituents is 1. The third-order valence-corrected chi connectivity index (χ3v) is 7.01. The van der Waals surface area contributed by atoms with Crippen LogP contribution in [0.1, 0.15) is 51.0 Å². The van der Waals surface area contributed by atoms with E-state index in [0.29, 0.717) is 23.9 Å². The normalized spacial score (nSPS) is 25.3. The molecule has 2 heterocycles. The molecule has 1 aliphatic carbocycles. The van der Waals surface area contributed by atoms with Crippen molar-refractivity contribution in [3.05, 3.63) is 29.8 Å². The first-order valence-corrected chi connectivity index (χ1v) is 11.0. The van der Waals surface area contributed by atoms with Crippen molar-refractivity contribution in [1.29, 1.82) is 0 Å². The third-order valence-electron chi connectivity index (χ3n) is 7.01. The molecule has 3 aliphatic rings. The van der Waals surface area contributed by atoms with Crippen molar-refractivity contribution in [2.24, 2.45) is 5.41 Å². The largest absolute Gasteiger partial charge is 0.508 e. The monoisotopic (exact) mass is 385 g/mol. The van der Waals surface area contributed by atoms with Gasteiger partial charge >= 0.3 is 0 Å². The van der Waals surface area contributed by atoms with E-state index in [4.69, 9.17) is 0 Å².